The molecular formula is C17H20N4O3. The number of esters is 1. The number of carbonyl (C=O) groups excluding carboxylic acids is 1. The first-order chi connectivity index (χ1) is 11.5. The van der Waals surface area contributed by atoms with Crippen molar-refractivity contribution in [2.75, 3.05) is 6.61 Å². The predicted octanol–water partition coefficient (Wildman–Crippen LogP) is 2.25. The van der Waals surface area contributed by atoms with Gasteiger partial charge in [0.15, 0.2) is 5.65 Å². The summed E-state index contributed by atoms with van der Waals surface area (Å²) in [6.45, 7) is 8.53. The highest BCUT2D eigenvalue weighted by atomic mass is 16.5. The molecule has 0 spiro atoms. The van der Waals surface area contributed by atoms with Crippen LogP contribution in [0.25, 0.3) is 16.6 Å². The van der Waals surface area contributed by atoms with Gasteiger partial charge >= 0.3 is 11.7 Å². The zero-order valence-corrected chi connectivity index (χ0v) is 14.3. The molecular weight excluding hydrogens is 308 g/mol. The average molecular weight is 328 g/mol. The Morgan fingerprint density at radius 2 is 1.92 bits per heavy atom. The molecule has 0 N–H and O–H groups in total. The van der Waals surface area contributed by atoms with Crippen molar-refractivity contribution in [3.05, 3.63) is 39.6 Å². The van der Waals surface area contributed by atoms with E-state index in [9.17, 15) is 9.59 Å². The van der Waals surface area contributed by atoms with Crippen molar-refractivity contribution in [3.8, 4) is 0 Å². The second-order valence-electron chi connectivity index (χ2n) is 5.78. The maximum atomic E-state index is 12.8. The molecule has 1 aromatic carbocycles. The van der Waals surface area contributed by atoms with E-state index < -0.39 is 5.97 Å². The van der Waals surface area contributed by atoms with Crippen LogP contribution < -0.4 is 5.69 Å². The van der Waals surface area contributed by atoms with E-state index in [1.165, 1.54) is 4.52 Å². The summed E-state index contributed by atoms with van der Waals surface area (Å²) in [5, 5.41) is 4.87. The van der Waals surface area contributed by atoms with Crippen LogP contribution in [-0.2, 0) is 11.3 Å². The van der Waals surface area contributed by atoms with E-state index in [2.05, 4.69) is 10.1 Å². The van der Waals surface area contributed by atoms with E-state index in [-0.39, 0.29) is 18.1 Å². The summed E-state index contributed by atoms with van der Waals surface area (Å²) < 4.78 is 7.82. The number of aromatic nitrogens is 4. The number of ether oxygens (including phenoxy) is 1. The molecule has 24 heavy (non-hydrogen) atoms. The Kier molecular flexibility index (Phi) is 4.09. The van der Waals surface area contributed by atoms with Crippen molar-refractivity contribution < 1.29 is 9.53 Å². The van der Waals surface area contributed by atoms with Gasteiger partial charge in [0.2, 0.25) is 0 Å². The first kappa shape index (κ1) is 16.2. The highest BCUT2D eigenvalue weighted by Gasteiger charge is 2.19. The molecule has 0 aliphatic heterocycles. The largest absolute Gasteiger partial charge is 0.460 e. The number of aryl methyl sites for hydroxylation is 3. The molecule has 126 valence electrons. The molecule has 3 aromatic rings. The lowest BCUT2D eigenvalue weighted by Gasteiger charge is -2.12. The first-order valence-corrected chi connectivity index (χ1v) is 8.05. The summed E-state index contributed by atoms with van der Waals surface area (Å²) in [5.41, 5.74) is 3.08. The number of carbonyl (C=O) groups is 1. The summed E-state index contributed by atoms with van der Waals surface area (Å²) in [6, 6.07) is 3.97. The smallest absolute Gasteiger partial charge is 0.378 e. The molecule has 0 amide bonds. The number of benzene rings is 1. The molecule has 0 saturated carbocycles. The highest BCUT2D eigenvalue weighted by Crippen LogP contribution is 2.22. The maximum absolute atomic E-state index is 12.8. The Labute approximate surface area is 138 Å². The lowest BCUT2D eigenvalue weighted by Crippen LogP contribution is -2.28. The van der Waals surface area contributed by atoms with Crippen LogP contribution in [0.4, 0.5) is 0 Å². The van der Waals surface area contributed by atoms with Gasteiger partial charge in [-0.05, 0) is 50.5 Å². The van der Waals surface area contributed by atoms with Crippen LogP contribution in [0.1, 0.15) is 42.0 Å². The van der Waals surface area contributed by atoms with Crippen molar-refractivity contribution >= 4 is 22.5 Å². The summed E-state index contributed by atoms with van der Waals surface area (Å²) in [7, 11) is 0. The number of rotatable bonds is 4. The molecule has 0 atom stereocenters. The fourth-order valence-corrected chi connectivity index (χ4v) is 2.76. The molecule has 7 heteroatoms. The molecule has 3 rings (SSSR count). The molecule has 2 aromatic heterocycles. The Hall–Kier alpha value is -2.70. The molecule has 0 saturated heterocycles. The van der Waals surface area contributed by atoms with Crippen molar-refractivity contribution in [2.45, 2.75) is 40.7 Å². The Morgan fingerprint density at radius 1 is 1.21 bits per heavy atom. The van der Waals surface area contributed by atoms with Gasteiger partial charge in [0.05, 0.1) is 12.1 Å². The second kappa shape index (κ2) is 6.07. The van der Waals surface area contributed by atoms with Crippen molar-refractivity contribution in [1.29, 1.82) is 0 Å². The fraction of sp³-hybridized carbons (Fsp3) is 0.412. The minimum absolute atomic E-state index is 0.0947. The van der Waals surface area contributed by atoms with Crippen LogP contribution in [0.15, 0.2) is 16.9 Å². The molecule has 0 bridgehead atoms. The molecule has 0 radical (unpaired) electrons. The SMILES string of the molecule is CCCn1c(=O)n2nc(C(=O)OCC)nc2c2cc(C)c(C)cc21. The van der Waals surface area contributed by atoms with Gasteiger partial charge in [-0.15, -0.1) is 5.10 Å². The molecule has 0 aliphatic carbocycles. The van der Waals surface area contributed by atoms with E-state index in [1.54, 1.807) is 11.5 Å². The van der Waals surface area contributed by atoms with Crippen LogP contribution in [0.2, 0.25) is 0 Å². The van der Waals surface area contributed by atoms with Crippen LogP contribution in [-0.4, -0.2) is 31.7 Å². The van der Waals surface area contributed by atoms with E-state index in [0.29, 0.717) is 12.2 Å². The minimum atomic E-state index is -0.625. The number of nitrogens with zero attached hydrogens (tertiary/aromatic N) is 4. The van der Waals surface area contributed by atoms with Crippen LogP contribution in [0, 0.1) is 13.8 Å². The third-order valence-corrected chi connectivity index (χ3v) is 4.07. The quantitative estimate of drug-likeness (QED) is 0.686. The van der Waals surface area contributed by atoms with Gasteiger partial charge in [-0.25, -0.2) is 14.6 Å². The van der Waals surface area contributed by atoms with Gasteiger partial charge in [-0.1, -0.05) is 6.92 Å². The first-order valence-electron chi connectivity index (χ1n) is 8.05. The van der Waals surface area contributed by atoms with Crippen LogP contribution in [0.3, 0.4) is 0 Å². The standard InChI is InChI=1S/C17H20N4O3/c1-5-7-20-13-9-11(4)10(3)8-12(13)15-18-14(16(22)24-6-2)19-21(15)17(20)23/h8-9H,5-7H2,1-4H3. The zero-order chi connectivity index (χ0) is 17.4. The second-order valence-corrected chi connectivity index (χ2v) is 5.78. The molecule has 0 unspecified atom stereocenters. The van der Waals surface area contributed by atoms with Crippen molar-refractivity contribution in [3.63, 3.8) is 0 Å². The summed E-state index contributed by atoms with van der Waals surface area (Å²) in [6.07, 6.45) is 0.812. The van der Waals surface area contributed by atoms with E-state index in [1.807, 2.05) is 32.9 Å². The maximum Gasteiger partial charge on any atom is 0.378 e. The number of hydrogen-bond acceptors (Lipinski definition) is 5. The van der Waals surface area contributed by atoms with Gasteiger partial charge in [0.1, 0.15) is 0 Å². The van der Waals surface area contributed by atoms with Gasteiger partial charge in [-0.3, -0.25) is 4.57 Å². The topological polar surface area (TPSA) is 78.5 Å². The summed E-state index contributed by atoms with van der Waals surface area (Å²) >= 11 is 0. The van der Waals surface area contributed by atoms with E-state index in [0.717, 1.165) is 28.5 Å². The van der Waals surface area contributed by atoms with Crippen LogP contribution in [0.5, 0.6) is 0 Å². The van der Waals surface area contributed by atoms with Crippen molar-refractivity contribution in [2.24, 2.45) is 0 Å². The summed E-state index contributed by atoms with van der Waals surface area (Å²) in [5.74, 6) is -0.720. The molecule has 7 nitrogen and oxygen atoms in total. The minimum Gasteiger partial charge on any atom is -0.460 e. The fourth-order valence-electron chi connectivity index (χ4n) is 2.76. The number of fused-ring (bicyclic) bond motifs is 3. The predicted molar refractivity (Wildman–Crippen MR) is 90.5 cm³/mol. The Bertz CT molecular complexity index is 1000. The normalized spacial score (nSPS) is 11.3. The number of hydrogen-bond donors (Lipinski definition) is 0. The molecule has 2 heterocycles. The lowest BCUT2D eigenvalue weighted by atomic mass is 10.1. The van der Waals surface area contributed by atoms with Gasteiger partial charge < -0.3 is 4.74 Å². The highest BCUT2D eigenvalue weighted by molar-refractivity contribution is 5.94. The van der Waals surface area contributed by atoms with Crippen molar-refractivity contribution in [1.82, 2.24) is 19.2 Å². The lowest BCUT2D eigenvalue weighted by molar-refractivity contribution is 0.0512. The monoisotopic (exact) mass is 328 g/mol. The Morgan fingerprint density at radius 3 is 2.58 bits per heavy atom. The Balaban J connectivity index is 2.41. The van der Waals surface area contributed by atoms with Gasteiger partial charge in [-0.2, -0.15) is 4.52 Å². The average Bonchev–Trinajstić information content (AvgIpc) is 2.99. The summed E-state index contributed by atoms with van der Waals surface area (Å²) in [4.78, 5) is 29.0. The third-order valence-electron chi connectivity index (χ3n) is 4.07. The van der Waals surface area contributed by atoms with E-state index >= 15 is 0 Å². The van der Waals surface area contributed by atoms with Gasteiger partial charge in [0.25, 0.3) is 5.82 Å². The zero-order valence-electron chi connectivity index (χ0n) is 14.3. The third kappa shape index (κ3) is 2.46. The van der Waals surface area contributed by atoms with Crippen LogP contribution >= 0.6 is 0 Å². The van der Waals surface area contributed by atoms with E-state index in [4.69, 9.17) is 4.74 Å². The molecule has 0 aliphatic rings. The van der Waals surface area contributed by atoms with Gasteiger partial charge in [0, 0.05) is 11.9 Å². The molecule has 0 fully saturated rings.